The minimum Gasteiger partial charge on any atom is -0.165 e. The smallest absolute Gasteiger partial charge is 0.0406 e. The van der Waals surface area contributed by atoms with Gasteiger partial charge in [-0.2, -0.15) is 23.5 Å². The third-order valence-corrected chi connectivity index (χ3v) is 3.80. The van der Waals surface area contributed by atoms with Crippen molar-refractivity contribution in [3.8, 4) is 0 Å². The molecule has 0 radical (unpaired) electrons. The molecule has 0 spiro atoms. The van der Waals surface area contributed by atoms with E-state index >= 15 is 0 Å². The molecule has 0 fully saturated rings. The topological polar surface area (TPSA) is 0 Å². The number of rotatable bonds is 5. The van der Waals surface area contributed by atoms with E-state index in [1.165, 1.54) is 17.1 Å². The quantitative estimate of drug-likeness (QED) is 0.766. The lowest BCUT2D eigenvalue weighted by Gasteiger charge is -2.14. The lowest BCUT2D eigenvalue weighted by atomic mass is 10.0. The molecular formula is C11H15ClS2. The van der Waals surface area contributed by atoms with Gasteiger partial charge in [0.25, 0.3) is 0 Å². The standard InChI is InChI=1S/C11H15ClS2/c1-13-7-10(8-14-2)9-3-5-11(12)6-4-9/h3-6,10H,7-8H2,1-2H3. The first-order chi connectivity index (χ1) is 6.77. The molecule has 1 aromatic carbocycles. The van der Waals surface area contributed by atoms with Crippen molar-refractivity contribution in [3.05, 3.63) is 34.9 Å². The van der Waals surface area contributed by atoms with Gasteiger partial charge in [-0.05, 0) is 30.2 Å². The van der Waals surface area contributed by atoms with Crippen molar-refractivity contribution in [2.75, 3.05) is 24.0 Å². The van der Waals surface area contributed by atoms with Gasteiger partial charge in [-0.25, -0.2) is 0 Å². The summed E-state index contributed by atoms with van der Waals surface area (Å²) in [5, 5.41) is 0.820. The zero-order valence-electron chi connectivity index (χ0n) is 8.50. The Morgan fingerprint density at radius 1 is 1.07 bits per heavy atom. The van der Waals surface area contributed by atoms with Gasteiger partial charge in [-0.1, -0.05) is 23.7 Å². The molecule has 0 aliphatic carbocycles. The molecule has 1 rings (SSSR count). The zero-order valence-corrected chi connectivity index (χ0v) is 10.9. The Balaban J connectivity index is 2.71. The second kappa shape index (κ2) is 6.65. The van der Waals surface area contributed by atoms with Gasteiger partial charge >= 0.3 is 0 Å². The molecule has 0 aliphatic heterocycles. The predicted octanol–water partition coefficient (Wildman–Crippen LogP) is 4.15. The fraction of sp³-hybridized carbons (Fsp3) is 0.455. The van der Waals surface area contributed by atoms with Crippen LogP contribution in [-0.4, -0.2) is 24.0 Å². The summed E-state index contributed by atoms with van der Waals surface area (Å²) >= 11 is 9.66. The van der Waals surface area contributed by atoms with Crippen molar-refractivity contribution in [2.45, 2.75) is 5.92 Å². The lowest BCUT2D eigenvalue weighted by Crippen LogP contribution is -2.04. The van der Waals surface area contributed by atoms with Crippen LogP contribution in [0, 0.1) is 0 Å². The van der Waals surface area contributed by atoms with E-state index < -0.39 is 0 Å². The van der Waals surface area contributed by atoms with Crippen LogP contribution in [0.3, 0.4) is 0 Å². The van der Waals surface area contributed by atoms with Crippen LogP contribution in [0.2, 0.25) is 5.02 Å². The Bertz CT molecular complexity index is 252. The molecule has 14 heavy (non-hydrogen) atoms. The van der Waals surface area contributed by atoms with Crippen LogP contribution in [0.4, 0.5) is 0 Å². The average molecular weight is 247 g/mol. The molecule has 0 heterocycles. The van der Waals surface area contributed by atoms with E-state index in [1.54, 1.807) is 0 Å². The highest BCUT2D eigenvalue weighted by molar-refractivity contribution is 7.99. The second-order valence-corrected chi connectivity index (χ2v) is 5.42. The minimum atomic E-state index is 0.650. The lowest BCUT2D eigenvalue weighted by molar-refractivity contribution is 0.897. The van der Waals surface area contributed by atoms with Gasteiger partial charge in [0.1, 0.15) is 0 Å². The van der Waals surface area contributed by atoms with Crippen LogP contribution in [0.25, 0.3) is 0 Å². The maximum Gasteiger partial charge on any atom is 0.0406 e. The van der Waals surface area contributed by atoms with Crippen molar-refractivity contribution in [3.63, 3.8) is 0 Å². The van der Waals surface area contributed by atoms with Gasteiger partial charge < -0.3 is 0 Å². The molecule has 0 aliphatic rings. The van der Waals surface area contributed by atoms with Gasteiger partial charge in [-0.15, -0.1) is 0 Å². The molecule has 0 bridgehead atoms. The average Bonchev–Trinajstić information content (AvgIpc) is 2.19. The molecule has 0 amide bonds. The summed E-state index contributed by atoms with van der Waals surface area (Å²) < 4.78 is 0. The molecule has 0 aromatic heterocycles. The number of thioether (sulfide) groups is 2. The Morgan fingerprint density at radius 3 is 2.00 bits per heavy atom. The highest BCUT2D eigenvalue weighted by Gasteiger charge is 2.09. The van der Waals surface area contributed by atoms with Crippen molar-refractivity contribution in [1.29, 1.82) is 0 Å². The summed E-state index contributed by atoms with van der Waals surface area (Å²) in [4.78, 5) is 0. The van der Waals surface area contributed by atoms with Crippen molar-refractivity contribution in [2.24, 2.45) is 0 Å². The third kappa shape index (κ3) is 3.76. The zero-order chi connectivity index (χ0) is 10.4. The van der Waals surface area contributed by atoms with Crippen molar-refractivity contribution >= 4 is 35.1 Å². The minimum absolute atomic E-state index is 0.650. The Hall–Kier alpha value is 0.210. The van der Waals surface area contributed by atoms with Gasteiger partial charge in [-0.3, -0.25) is 0 Å². The summed E-state index contributed by atoms with van der Waals surface area (Å²) in [5.74, 6) is 3.02. The number of hydrogen-bond acceptors (Lipinski definition) is 2. The monoisotopic (exact) mass is 246 g/mol. The maximum absolute atomic E-state index is 5.86. The van der Waals surface area contributed by atoms with E-state index in [0.717, 1.165) is 5.02 Å². The first-order valence-electron chi connectivity index (χ1n) is 4.51. The van der Waals surface area contributed by atoms with Crippen LogP contribution in [-0.2, 0) is 0 Å². The molecule has 1 aromatic rings. The van der Waals surface area contributed by atoms with Gasteiger partial charge in [0.2, 0.25) is 0 Å². The largest absolute Gasteiger partial charge is 0.165 e. The van der Waals surface area contributed by atoms with Gasteiger partial charge in [0.05, 0.1) is 0 Å². The molecule has 78 valence electrons. The third-order valence-electron chi connectivity index (χ3n) is 2.08. The Kier molecular flexibility index (Phi) is 5.83. The number of halogens is 1. The predicted molar refractivity (Wildman–Crippen MR) is 71.0 cm³/mol. The summed E-state index contributed by atoms with van der Waals surface area (Å²) in [7, 11) is 0. The van der Waals surface area contributed by atoms with E-state index in [4.69, 9.17) is 11.6 Å². The highest BCUT2D eigenvalue weighted by atomic mass is 35.5. The molecule has 0 atom stereocenters. The fourth-order valence-electron chi connectivity index (χ4n) is 1.38. The molecule has 0 nitrogen and oxygen atoms in total. The van der Waals surface area contributed by atoms with Crippen LogP contribution < -0.4 is 0 Å². The van der Waals surface area contributed by atoms with Crippen LogP contribution in [0.1, 0.15) is 11.5 Å². The summed E-state index contributed by atoms with van der Waals surface area (Å²) in [6.45, 7) is 0. The SMILES string of the molecule is CSCC(CSC)c1ccc(Cl)cc1. The molecule has 3 heteroatoms. The van der Waals surface area contributed by atoms with Crippen molar-refractivity contribution in [1.82, 2.24) is 0 Å². The molecule has 0 saturated heterocycles. The maximum atomic E-state index is 5.86. The summed E-state index contributed by atoms with van der Waals surface area (Å²) in [5.41, 5.74) is 1.40. The Morgan fingerprint density at radius 2 is 1.57 bits per heavy atom. The molecule has 0 saturated carbocycles. The Labute approximate surface area is 99.8 Å². The first kappa shape index (κ1) is 12.3. The number of hydrogen-bond donors (Lipinski definition) is 0. The van der Waals surface area contributed by atoms with E-state index in [1.807, 2.05) is 35.7 Å². The normalized spacial score (nSPS) is 10.9. The van der Waals surface area contributed by atoms with Crippen LogP contribution in [0.15, 0.2) is 24.3 Å². The van der Waals surface area contributed by atoms with E-state index in [0.29, 0.717) is 5.92 Å². The van der Waals surface area contributed by atoms with Gasteiger partial charge in [0.15, 0.2) is 0 Å². The molecule has 0 unspecified atom stereocenters. The highest BCUT2D eigenvalue weighted by Crippen LogP contribution is 2.24. The van der Waals surface area contributed by atoms with Crippen molar-refractivity contribution < 1.29 is 0 Å². The summed E-state index contributed by atoms with van der Waals surface area (Å²) in [6.07, 6.45) is 4.31. The second-order valence-electron chi connectivity index (χ2n) is 3.16. The first-order valence-corrected chi connectivity index (χ1v) is 7.68. The van der Waals surface area contributed by atoms with Crippen LogP contribution in [0.5, 0.6) is 0 Å². The van der Waals surface area contributed by atoms with Crippen LogP contribution >= 0.6 is 35.1 Å². The number of benzene rings is 1. The van der Waals surface area contributed by atoms with E-state index in [9.17, 15) is 0 Å². The van der Waals surface area contributed by atoms with Gasteiger partial charge in [0, 0.05) is 22.4 Å². The molecular weight excluding hydrogens is 232 g/mol. The summed E-state index contributed by atoms with van der Waals surface area (Å²) in [6, 6.07) is 8.23. The molecule has 0 N–H and O–H groups in total. The van der Waals surface area contributed by atoms with E-state index in [-0.39, 0.29) is 0 Å². The van der Waals surface area contributed by atoms with E-state index in [2.05, 4.69) is 24.6 Å². The fourth-order valence-corrected chi connectivity index (χ4v) is 3.08.